The summed E-state index contributed by atoms with van der Waals surface area (Å²) in [4.78, 5) is 0. The monoisotopic (exact) mass is 356 g/mol. The Hall–Kier alpha value is -2.33. The number of hydrogen-bond acceptors (Lipinski definition) is 4. The van der Waals surface area contributed by atoms with E-state index >= 15 is 0 Å². The zero-order valence-electron chi connectivity index (χ0n) is 13.9. The van der Waals surface area contributed by atoms with Crippen molar-refractivity contribution in [1.82, 2.24) is 0 Å². The van der Waals surface area contributed by atoms with Crippen molar-refractivity contribution in [1.29, 1.82) is 0 Å². The summed E-state index contributed by atoms with van der Waals surface area (Å²) in [6.45, 7) is 0. The molecule has 1 aliphatic carbocycles. The van der Waals surface area contributed by atoms with Crippen molar-refractivity contribution in [3.05, 3.63) is 70.2 Å². The van der Waals surface area contributed by atoms with Gasteiger partial charge in [0.05, 0.1) is 11.4 Å². The van der Waals surface area contributed by atoms with E-state index in [0.29, 0.717) is 23.6 Å². The normalized spacial score (nSPS) is 18.0. The molecule has 0 saturated heterocycles. The van der Waals surface area contributed by atoms with Gasteiger partial charge in [0.1, 0.15) is 0 Å². The highest BCUT2D eigenvalue weighted by Crippen LogP contribution is 2.28. The van der Waals surface area contributed by atoms with E-state index in [1.807, 2.05) is 18.2 Å². The molecule has 0 spiro atoms. The first-order valence-electron chi connectivity index (χ1n) is 8.45. The molecule has 0 fully saturated rings. The van der Waals surface area contributed by atoms with Crippen LogP contribution >= 0.6 is 11.6 Å². The molecule has 0 amide bonds. The molecule has 1 atom stereocenters. The van der Waals surface area contributed by atoms with Crippen molar-refractivity contribution in [2.24, 2.45) is 16.2 Å². The van der Waals surface area contributed by atoms with Gasteiger partial charge < -0.3 is 10.4 Å². The minimum absolute atomic E-state index is 0.227. The van der Waals surface area contributed by atoms with Gasteiger partial charge in [-0.15, -0.1) is 0 Å². The maximum atomic E-state index is 9.49. The quantitative estimate of drug-likeness (QED) is 0.453. The van der Waals surface area contributed by atoms with E-state index in [9.17, 15) is 10.4 Å². The van der Waals surface area contributed by atoms with Gasteiger partial charge in [0.2, 0.25) is 0 Å². The van der Waals surface area contributed by atoms with Gasteiger partial charge in [0, 0.05) is 10.9 Å². The fourth-order valence-electron chi connectivity index (χ4n) is 3.46. The Labute approximate surface area is 152 Å². The van der Waals surface area contributed by atoms with Crippen LogP contribution in [-0.2, 0) is 12.8 Å². The fourth-order valence-corrected chi connectivity index (χ4v) is 3.58. The molecule has 0 aliphatic heterocycles. The first kappa shape index (κ1) is 17.5. The molecule has 2 aromatic rings. The first-order valence-corrected chi connectivity index (χ1v) is 8.83. The van der Waals surface area contributed by atoms with Crippen LogP contribution in [0.4, 0.5) is 0 Å². The average Bonchev–Trinajstić information content (AvgIpc) is 2.66. The summed E-state index contributed by atoms with van der Waals surface area (Å²) in [6.07, 6.45) is 3.93. The fraction of sp³-hybridized carbons (Fsp3) is 0.300. The smallest absolute Gasteiger partial charge is 0.0871 e. The van der Waals surface area contributed by atoms with Crippen molar-refractivity contribution in [3.8, 4) is 0 Å². The number of fused-ring (bicyclic) bond motifs is 1. The Morgan fingerprint density at radius 1 is 0.960 bits per heavy atom. The van der Waals surface area contributed by atoms with E-state index in [0.717, 1.165) is 30.5 Å². The van der Waals surface area contributed by atoms with Crippen molar-refractivity contribution in [2.45, 2.75) is 32.1 Å². The van der Waals surface area contributed by atoms with Crippen molar-refractivity contribution in [2.75, 3.05) is 0 Å². The van der Waals surface area contributed by atoms with Crippen molar-refractivity contribution in [3.63, 3.8) is 0 Å². The van der Waals surface area contributed by atoms with E-state index in [-0.39, 0.29) is 5.92 Å². The van der Waals surface area contributed by atoms with E-state index in [4.69, 9.17) is 11.6 Å². The van der Waals surface area contributed by atoms with Crippen LogP contribution in [0.25, 0.3) is 0 Å². The number of oxime groups is 2. The molecule has 4 nitrogen and oxygen atoms in total. The van der Waals surface area contributed by atoms with Crippen LogP contribution in [0.2, 0.25) is 5.02 Å². The lowest BCUT2D eigenvalue weighted by atomic mass is 9.80. The summed E-state index contributed by atoms with van der Waals surface area (Å²) >= 11 is 5.90. The van der Waals surface area contributed by atoms with Crippen molar-refractivity contribution >= 4 is 23.0 Å². The highest BCUT2D eigenvalue weighted by atomic mass is 35.5. The molecule has 2 N–H and O–H groups in total. The van der Waals surface area contributed by atoms with Gasteiger partial charge in [0.25, 0.3) is 0 Å². The third-order valence-electron chi connectivity index (χ3n) is 4.86. The predicted octanol–water partition coefficient (Wildman–Crippen LogP) is 4.93. The summed E-state index contributed by atoms with van der Waals surface area (Å²) in [6, 6.07) is 15.6. The summed E-state index contributed by atoms with van der Waals surface area (Å²) in [7, 11) is 0. The zero-order valence-corrected chi connectivity index (χ0v) is 14.7. The third-order valence-corrected chi connectivity index (χ3v) is 5.11. The molecular formula is C20H21ClN2O2. The Morgan fingerprint density at radius 3 is 2.36 bits per heavy atom. The van der Waals surface area contributed by atoms with E-state index in [1.165, 1.54) is 11.1 Å². The number of halogens is 1. The van der Waals surface area contributed by atoms with Crippen LogP contribution in [0.3, 0.4) is 0 Å². The van der Waals surface area contributed by atoms with Crippen LogP contribution in [0.1, 0.15) is 36.0 Å². The summed E-state index contributed by atoms with van der Waals surface area (Å²) < 4.78 is 0. The van der Waals surface area contributed by atoms with Gasteiger partial charge in [-0.25, -0.2) is 0 Å². The van der Waals surface area contributed by atoms with Gasteiger partial charge in [-0.1, -0.05) is 58.3 Å². The SMILES string of the molecule is O/N=C(/CC/C(=N/O)C1CCc2ccccc2C1)c1ccc(Cl)cc1. The second-order valence-electron chi connectivity index (χ2n) is 6.35. The van der Waals surface area contributed by atoms with Crippen LogP contribution in [-0.4, -0.2) is 21.8 Å². The molecule has 1 unspecified atom stereocenters. The van der Waals surface area contributed by atoms with E-state index in [2.05, 4.69) is 28.5 Å². The highest BCUT2D eigenvalue weighted by Gasteiger charge is 2.23. The number of rotatable bonds is 5. The minimum Gasteiger partial charge on any atom is -0.411 e. The largest absolute Gasteiger partial charge is 0.411 e. The van der Waals surface area contributed by atoms with Crippen LogP contribution < -0.4 is 0 Å². The maximum absolute atomic E-state index is 9.49. The molecule has 3 rings (SSSR count). The lowest BCUT2D eigenvalue weighted by molar-refractivity contribution is 0.310. The topological polar surface area (TPSA) is 65.2 Å². The van der Waals surface area contributed by atoms with Gasteiger partial charge in [-0.05, 0) is 60.9 Å². The molecule has 130 valence electrons. The molecule has 0 bridgehead atoms. The summed E-state index contributed by atoms with van der Waals surface area (Å²) in [5.74, 6) is 0.227. The number of benzene rings is 2. The second kappa shape index (κ2) is 8.17. The lowest BCUT2D eigenvalue weighted by Gasteiger charge is -2.25. The lowest BCUT2D eigenvalue weighted by Crippen LogP contribution is -2.23. The Balaban J connectivity index is 1.66. The molecule has 25 heavy (non-hydrogen) atoms. The number of nitrogens with zero attached hydrogens (tertiary/aromatic N) is 2. The van der Waals surface area contributed by atoms with Crippen LogP contribution in [0, 0.1) is 5.92 Å². The molecule has 2 aromatic carbocycles. The van der Waals surface area contributed by atoms with Gasteiger partial charge in [-0.2, -0.15) is 0 Å². The van der Waals surface area contributed by atoms with Crippen molar-refractivity contribution < 1.29 is 10.4 Å². The standard InChI is InChI=1S/C20H21ClN2O2/c21-18-9-7-15(8-10-18)19(22-24)11-12-20(23-25)17-6-5-14-3-1-2-4-16(14)13-17/h1-4,7-10,17,24-25H,5-6,11-13H2/b22-19-,23-20-. The van der Waals surface area contributed by atoms with Gasteiger partial charge in [-0.3, -0.25) is 0 Å². The molecule has 1 aliphatic rings. The Kier molecular flexibility index (Phi) is 5.71. The van der Waals surface area contributed by atoms with Crippen LogP contribution in [0.15, 0.2) is 58.8 Å². The summed E-state index contributed by atoms with van der Waals surface area (Å²) in [5.41, 5.74) is 4.86. The van der Waals surface area contributed by atoms with E-state index in [1.54, 1.807) is 12.1 Å². The number of hydrogen-bond donors (Lipinski definition) is 2. The maximum Gasteiger partial charge on any atom is 0.0871 e. The second-order valence-corrected chi connectivity index (χ2v) is 6.79. The molecule has 0 heterocycles. The molecular weight excluding hydrogens is 336 g/mol. The highest BCUT2D eigenvalue weighted by molar-refractivity contribution is 6.30. The molecule has 5 heteroatoms. The zero-order chi connectivity index (χ0) is 17.6. The van der Waals surface area contributed by atoms with Gasteiger partial charge >= 0.3 is 0 Å². The van der Waals surface area contributed by atoms with E-state index < -0.39 is 0 Å². The molecule has 0 radical (unpaired) electrons. The third kappa shape index (κ3) is 4.20. The first-order chi connectivity index (χ1) is 12.2. The number of aryl methyl sites for hydroxylation is 1. The Morgan fingerprint density at radius 2 is 1.68 bits per heavy atom. The Bertz CT molecular complexity index is 785. The van der Waals surface area contributed by atoms with Crippen LogP contribution in [0.5, 0.6) is 0 Å². The summed E-state index contributed by atoms with van der Waals surface area (Å²) in [5, 5.41) is 26.4. The van der Waals surface area contributed by atoms with Gasteiger partial charge in [0.15, 0.2) is 0 Å². The molecule has 0 aromatic heterocycles. The predicted molar refractivity (Wildman–Crippen MR) is 100 cm³/mol. The minimum atomic E-state index is 0.227. The molecule has 0 saturated carbocycles. The average molecular weight is 357 g/mol.